The highest BCUT2D eigenvalue weighted by molar-refractivity contribution is 5.94. The Balaban J connectivity index is 1.71. The summed E-state index contributed by atoms with van der Waals surface area (Å²) in [5.41, 5.74) is 1.68. The van der Waals surface area contributed by atoms with E-state index in [1.165, 1.54) is 19.3 Å². The molecule has 2 heterocycles. The van der Waals surface area contributed by atoms with Crippen LogP contribution in [0.3, 0.4) is 0 Å². The number of pyridine rings is 1. The summed E-state index contributed by atoms with van der Waals surface area (Å²) in [7, 11) is 0. The van der Waals surface area contributed by atoms with Gasteiger partial charge in [0.1, 0.15) is 0 Å². The first-order valence-electron chi connectivity index (χ1n) is 7.23. The van der Waals surface area contributed by atoms with Gasteiger partial charge >= 0.3 is 0 Å². The Bertz CT molecular complexity index is 470. The molecule has 0 aromatic carbocycles. The van der Waals surface area contributed by atoms with Gasteiger partial charge in [0.25, 0.3) is 5.91 Å². The third kappa shape index (κ3) is 3.06. The summed E-state index contributed by atoms with van der Waals surface area (Å²) in [6.07, 6.45) is 8.27. The molecule has 0 spiro atoms. The van der Waals surface area contributed by atoms with Crippen LogP contribution in [-0.4, -0.2) is 34.9 Å². The average molecular weight is 259 g/mol. The maximum atomic E-state index is 12.5. The fourth-order valence-corrected chi connectivity index (χ4v) is 2.66. The largest absolute Gasteiger partial charge is 0.381 e. The number of piperidine rings is 1. The van der Waals surface area contributed by atoms with E-state index in [0.29, 0.717) is 17.5 Å². The van der Waals surface area contributed by atoms with E-state index in [-0.39, 0.29) is 5.91 Å². The smallest absolute Gasteiger partial charge is 0.255 e. The molecule has 2 fully saturated rings. The van der Waals surface area contributed by atoms with E-state index < -0.39 is 0 Å². The van der Waals surface area contributed by atoms with Gasteiger partial charge in [-0.05, 0) is 37.7 Å². The summed E-state index contributed by atoms with van der Waals surface area (Å²) in [6, 6.07) is 2.52. The van der Waals surface area contributed by atoms with Crippen molar-refractivity contribution in [1.82, 2.24) is 9.88 Å². The van der Waals surface area contributed by atoms with Crippen molar-refractivity contribution >= 4 is 11.6 Å². The maximum Gasteiger partial charge on any atom is 0.255 e. The second-order valence-electron chi connectivity index (χ2n) is 5.88. The normalized spacial score (nSPS) is 23.2. The molecule has 1 amide bonds. The minimum absolute atomic E-state index is 0.124. The van der Waals surface area contributed by atoms with E-state index >= 15 is 0 Å². The van der Waals surface area contributed by atoms with Gasteiger partial charge < -0.3 is 10.2 Å². The van der Waals surface area contributed by atoms with Crippen LogP contribution in [0.1, 0.15) is 43.0 Å². The third-order valence-electron chi connectivity index (χ3n) is 3.88. The summed E-state index contributed by atoms with van der Waals surface area (Å²) < 4.78 is 0. The Kier molecular flexibility index (Phi) is 3.40. The van der Waals surface area contributed by atoms with Crippen LogP contribution in [0.2, 0.25) is 0 Å². The number of carbonyl (C=O) groups excluding carboxylic acids is 1. The Labute approximate surface area is 114 Å². The van der Waals surface area contributed by atoms with Crippen LogP contribution >= 0.6 is 0 Å². The zero-order chi connectivity index (χ0) is 13.2. The van der Waals surface area contributed by atoms with Gasteiger partial charge in [0.2, 0.25) is 0 Å². The van der Waals surface area contributed by atoms with Crippen LogP contribution in [0.4, 0.5) is 5.69 Å². The molecule has 102 valence electrons. The van der Waals surface area contributed by atoms with Gasteiger partial charge in [0.15, 0.2) is 0 Å². The molecule has 1 atom stereocenters. The first kappa shape index (κ1) is 12.5. The van der Waals surface area contributed by atoms with Crippen LogP contribution in [0.25, 0.3) is 0 Å². The Morgan fingerprint density at radius 1 is 1.37 bits per heavy atom. The lowest BCUT2D eigenvalue weighted by Crippen LogP contribution is -2.39. The SMILES string of the molecule is CC1CCCN(C(=O)c2cncc(NC3CC3)c2)C1. The van der Waals surface area contributed by atoms with Crippen molar-refractivity contribution in [1.29, 1.82) is 0 Å². The first-order chi connectivity index (χ1) is 9.22. The second-order valence-corrected chi connectivity index (χ2v) is 5.88. The fraction of sp³-hybridized carbons (Fsp3) is 0.600. The lowest BCUT2D eigenvalue weighted by Gasteiger charge is -2.31. The van der Waals surface area contributed by atoms with E-state index in [0.717, 1.165) is 25.2 Å². The van der Waals surface area contributed by atoms with Crippen LogP contribution in [-0.2, 0) is 0 Å². The zero-order valence-corrected chi connectivity index (χ0v) is 11.4. The highest BCUT2D eigenvalue weighted by Gasteiger charge is 2.24. The van der Waals surface area contributed by atoms with E-state index in [2.05, 4.69) is 17.2 Å². The molecule has 0 radical (unpaired) electrons. The first-order valence-corrected chi connectivity index (χ1v) is 7.23. The highest BCUT2D eigenvalue weighted by Crippen LogP contribution is 2.25. The minimum Gasteiger partial charge on any atom is -0.381 e. The van der Waals surface area contributed by atoms with Crippen molar-refractivity contribution in [3.05, 3.63) is 24.0 Å². The molecule has 4 heteroatoms. The van der Waals surface area contributed by atoms with Gasteiger partial charge in [-0.25, -0.2) is 0 Å². The summed E-state index contributed by atoms with van der Waals surface area (Å²) in [5, 5.41) is 3.39. The number of nitrogens with zero attached hydrogens (tertiary/aromatic N) is 2. The van der Waals surface area contributed by atoms with Gasteiger partial charge in [-0.3, -0.25) is 9.78 Å². The van der Waals surface area contributed by atoms with Crippen LogP contribution < -0.4 is 5.32 Å². The molecular formula is C15H21N3O. The predicted octanol–water partition coefficient (Wildman–Crippen LogP) is 2.53. The lowest BCUT2D eigenvalue weighted by atomic mass is 10.00. The number of anilines is 1. The van der Waals surface area contributed by atoms with E-state index in [1.54, 1.807) is 12.4 Å². The summed E-state index contributed by atoms with van der Waals surface area (Å²) in [6.45, 7) is 3.96. The molecule has 1 saturated heterocycles. The lowest BCUT2D eigenvalue weighted by molar-refractivity contribution is 0.0682. The molecule has 2 aliphatic rings. The molecule has 3 rings (SSSR count). The molecule has 0 bridgehead atoms. The van der Waals surface area contributed by atoms with Crippen molar-refractivity contribution in [3.63, 3.8) is 0 Å². The highest BCUT2D eigenvalue weighted by atomic mass is 16.2. The Morgan fingerprint density at radius 2 is 2.21 bits per heavy atom. The minimum atomic E-state index is 0.124. The number of likely N-dealkylation sites (tertiary alicyclic amines) is 1. The molecule has 1 aromatic rings. The average Bonchev–Trinajstić information content (AvgIpc) is 3.22. The summed E-state index contributed by atoms with van der Waals surface area (Å²) in [5.74, 6) is 0.733. The van der Waals surface area contributed by atoms with E-state index in [4.69, 9.17) is 0 Å². The van der Waals surface area contributed by atoms with Gasteiger partial charge in [-0.15, -0.1) is 0 Å². The van der Waals surface area contributed by atoms with Crippen LogP contribution in [0.5, 0.6) is 0 Å². The molecule has 1 aliphatic carbocycles. The third-order valence-corrected chi connectivity index (χ3v) is 3.88. The van der Waals surface area contributed by atoms with Crippen molar-refractivity contribution in [3.8, 4) is 0 Å². The van der Waals surface area contributed by atoms with Gasteiger partial charge in [-0.2, -0.15) is 0 Å². The summed E-state index contributed by atoms with van der Waals surface area (Å²) >= 11 is 0. The number of carbonyl (C=O) groups is 1. The topological polar surface area (TPSA) is 45.2 Å². The molecule has 4 nitrogen and oxygen atoms in total. The molecule has 19 heavy (non-hydrogen) atoms. The number of aromatic nitrogens is 1. The quantitative estimate of drug-likeness (QED) is 0.907. The van der Waals surface area contributed by atoms with Gasteiger partial charge in [0, 0.05) is 31.5 Å². The van der Waals surface area contributed by atoms with Gasteiger partial charge in [0.05, 0.1) is 11.3 Å². The monoisotopic (exact) mass is 259 g/mol. The number of hydrogen-bond acceptors (Lipinski definition) is 3. The summed E-state index contributed by atoms with van der Waals surface area (Å²) in [4.78, 5) is 18.6. The molecular weight excluding hydrogens is 238 g/mol. The van der Waals surface area contributed by atoms with Crippen molar-refractivity contribution in [2.75, 3.05) is 18.4 Å². The van der Waals surface area contributed by atoms with E-state index in [9.17, 15) is 4.79 Å². The molecule has 1 aromatic heterocycles. The zero-order valence-electron chi connectivity index (χ0n) is 11.4. The predicted molar refractivity (Wildman–Crippen MR) is 75.2 cm³/mol. The van der Waals surface area contributed by atoms with Gasteiger partial charge in [-0.1, -0.05) is 6.92 Å². The standard InChI is InChI=1S/C15H21N3O/c1-11-3-2-6-18(10-11)15(19)12-7-14(9-16-8-12)17-13-4-5-13/h7-9,11,13,17H,2-6,10H2,1H3. The fourth-order valence-electron chi connectivity index (χ4n) is 2.66. The second kappa shape index (κ2) is 5.19. The molecule has 1 aliphatic heterocycles. The van der Waals surface area contributed by atoms with Crippen molar-refractivity contribution in [2.24, 2.45) is 5.92 Å². The molecule has 1 N–H and O–H groups in total. The number of amides is 1. The Hall–Kier alpha value is -1.58. The maximum absolute atomic E-state index is 12.5. The number of nitrogens with one attached hydrogen (secondary N) is 1. The molecule has 1 unspecified atom stereocenters. The van der Waals surface area contributed by atoms with Crippen molar-refractivity contribution < 1.29 is 4.79 Å². The molecule has 1 saturated carbocycles. The number of hydrogen-bond donors (Lipinski definition) is 1. The Morgan fingerprint density at radius 3 is 2.95 bits per heavy atom. The van der Waals surface area contributed by atoms with Crippen LogP contribution in [0.15, 0.2) is 18.5 Å². The van der Waals surface area contributed by atoms with Crippen molar-refractivity contribution in [2.45, 2.75) is 38.6 Å². The van der Waals surface area contributed by atoms with Crippen LogP contribution in [0, 0.1) is 5.92 Å². The number of rotatable bonds is 3. The van der Waals surface area contributed by atoms with E-state index in [1.807, 2.05) is 11.0 Å².